The smallest absolute Gasteiger partial charge is 0.303 e. The normalized spacial score (nSPS) is 20.6. The molecule has 0 saturated carbocycles. The fourth-order valence-electron chi connectivity index (χ4n) is 1.88. The Kier molecular flexibility index (Phi) is 5.87. The largest absolute Gasteiger partial charge is 0.481 e. The summed E-state index contributed by atoms with van der Waals surface area (Å²) in [7, 11) is -3.31. The second-order valence-electron chi connectivity index (χ2n) is 4.29. The fourth-order valence-corrected chi connectivity index (χ4v) is 2.97. The molecule has 1 fully saturated rings. The minimum absolute atomic E-state index is 0.106. The Hall–Kier alpha value is -0.660. The number of carboxylic acids is 1. The first-order chi connectivity index (χ1) is 7.99. The van der Waals surface area contributed by atoms with Crippen LogP contribution in [0.2, 0.25) is 0 Å². The highest BCUT2D eigenvalue weighted by atomic mass is 32.2. The first kappa shape index (κ1) is 14.4. The Morgan fingerprint density at radius 3 is 2.82 bits per heavy atom. The minimum Gasteiger partial charge on any atom is -0.481 e. The molecule has 0 spiro atoms. The molecule has 17 heavy (non-hydrogen) atoms. The van der Waals surface area contributed by atoms with Crippen LogP contribution in [0.3, 0.4) is 0 Å². The van der Waals surface area contributed by atoms with Crippen LogP contribution in [-0.2, 0) is 14.8 Å². The number of carboxylic acid groups (broad SMARTS) is 1. The molecule has 0 aromatic rings. The summed E-state index contributed by atoms with van der Waals surface area (Å²) in [6.07, 6.45) is 3.09. The lowest BCUT2D eigenvalue weighted by molar-refractivity contribution is -0.137. The summed E-state index contributed by atoms with van der Waals surface area (Å²) >= 11 is 0. The zero-order valence-electron chi connectivity index (χ0n) is 9.81. The van der Waals surface area contributed by atoms with Crippen LogP contribution < -0.4 is 10.0 Å². The number of hydrogen-bond acceptors (Lipinski definition) is 4. The van der Waals surface area contributed by atoms with Crippen molar-refractivity contribution in [3.8, 4) is 0 Å². The maximum absolute atomic E-state index is 11.5. The third-order valence-corrected chi connectivity index (χ3v) is 4.25. The summed E-state index contributed by atoms with van der Waals surface area (Å²) in [6, 6.07) is 0.414. The van der Waals surface area contributed by atoms with Crippen molar-refractivity contribution < 1.29 is 18.3 Å². The molecule has 0 aromatic heterocycles. The number of aliphatic carboxylic acids is 1. The summed E-state index contributed by atoms with van der Waals surface area (Å²) < 4.78 is 25.4. The van der Waals surface area contributed by atoms with Crippen LogP contribution in [0.5, 0.6) is 0 Å². The van der Waals surface area contributed by atoms with E-state index in [9.17, 15) is 13.2 Å². The van der Waals surface area contributed by atoms with E-state index in [-0.39, 0.29) is 18.6 Å². The average molecular weight is 264 g/mol. The monoisotopic (exact) mass is 264 g/mol. The van der Waals surface area contributed by atoms with Crippen molar-refractivity contribution in [2.45, 2.75) is 38.1 Å². The fraction of sp³-hybridized carbons (Fsp3) is 0.900. The van der Waals surface area contributed by atoms with Gasteiger partial charge < -0.3 is 10.4 Å². The summed E-state index contributed by atoms with van der Waals surface area (Å²) in [5.74, 6) is -1.08. The van der Waals surface area contributed by atoms with Crippen molar-refractivity contribution in [1.82, 2.24) is 10.0 Å². The zero-order valence-corrected chi connectivity index (χ0v) is 10.6. The Bertz CT molecular complexity index is 336. The highest BCUT2D eigenvalue weighted by molar-refractivity contribution is 7.89. The Morgan fingerprint density at radius 1 is 1.47 bits per heavy atom. The van der Waals surface area contributed by atoms with E-state index in [4.69, 9.17) is 5.11 Å². The van der Waals surface area contributed by atoms with Gasteiger partial charge in [0.15, 0.2) is 0 Å². The van der Waals surface area contributed by atoms with Crippen LogP contribution in [0.1, 0.15) is 32.1 Å². The van der Waals surface area contributed by atoms with E-state index in [0.717, 1.165) is 25.8 Å². The first-order valence-corrected chi connectivity index (χ1v) is 7.57. The maximum Gasteiger partial charge on any atom is 0.303 e. The van der Waals surface area contributed by atoms with Crippen molar-refractivity contribution in [3.63, 3.8) is 0 Å². The molecule has 0 unspecified atom stereocenters. The van der Waals surface area contributed by atoms with Gasteiger partial charge in [-0.1, -0.05) is 0 Å². The highest BCUT2D eigenvalue weighted by Gasteiger charge is 2.15. The zero-order chi connectivity index (χ0) is 12.7. The predicted molar refractivity (Wildman–Crippen MR) is 64.3 cm³/mol. The van der Waals surface area contributed by atoms with E-state index >= 15 is 0 Å². The van der Waals surface area contributed by atoms with Crippen LogP contribution in [0.15, 0.2) is 0 Å². The van der Waals surface area contributed by atoms with E-state index in [2.05, 4.69) is 10.0 Å². The van der Waals surface area contributed by atoms with Crippen LogP contribution in [-0.4, -0.2) is 44.4 Å². The molecular weight excluding hydrogens is 244 g/mol. The molecule has 0 aromatic carbocycles. The van der Waals surface area contributed by atoms with Gasteiger partial charge in [-0.25, -0.2) is 13.1 Å². The van der Waals surface area contributed by atoms with Gasteiger partial charge in [-0.3, -0.25) is 4.79 Å². The van der Waals surface area contributed by atoms with E-state index < -0.39 is 16.0 Å². The summed E-state index contributed by atoms with van der Waals surface area (Å²) in [6.45, 7) is 1.43. The maximum atomic E-state index is 11.5. The summed E-state index contributed by atoms with van der Waals surface area (Å²) in [5.41, 5.74) is 0. The molecule has 1 heterocycles. The van der Waals surface area contributed by atoms with Gasteiger partial charge in [-0.2, -0.15) is 0 Å². The van der Waals surface area contributed by atoms with Gasteiger partial charge >= 0.3 is 5.97 Å². The van der Waals surface area contributed by atoms with E-state index in [1.165, 1.54) is 0 Å². The van der Waals surface area contributed by atoms with Gasteiger partial charge in [0, 0.05) is 19.0 Å². The molecule has 1 aliphatic heterocycles. The van der Waals surface area contributed by atoms with Crippen molar-refractivity contribution in [2.75, 3.05) is 18.8 Å². The Morgan fingerprint density at radius 2 is 2.24 bits per heavy atom. The van der Waals surface area contributed by atoms with Crippen molar-refractivity contribution >= 4 is 16.0 Å². The molecule has 1 saturated heterocycles. The number of hydrogen-bond donors (Lipinski definition) is 3. The molecule has 6 nitrogen and oxygen atoms in total. The van der Waals surface area contributed by atoms with Crippen LogP contribution in [0.25, 0.3) is 0 Å². The molecule has 1 aliphatic rings. The quantitative estimate of drug-likeness (QED) is 0.569. The average Bonchev–Trinajstić information content (AvgIpc) is 2.69. The van der Waals surface area contributed by atoms with Gasteiger partial charge in [-0.15, -0.1) is 0 Å². The van der Waals surface area contributed by atoms with E-state index in [1.807, 2.05) is 0 Å². The Balaban J connectivity index is 2.13. The van der Waals surface area contributed by atoms with E-state index in [1.54, 1.807) is 0 Å². The molecule has 1 atom stereocenters. The van der Waals surface area contributed by atoms with E-state index in [0.29, 0.717) is 12.6 Å². The number of carbonyl (C=O) groups is 1. The number of rotatable bonds is 8. The number of nitrogens with one attached hydrogen (secondary N) is 2. The minimum atomic E-state index is -3.31. The molecular formula is C10H20N2O4S. The third kappa shape index (κ3) is 6.60. The third-order valence-electron chi connectivity index (χ3n) is 2.78. The molecule has 7 heteroatoms. The summed E-state index contributed by atoms with van der Waals surface area (Å²) in [5, 5.41) is 11.7. The molecule has 0 aliphatic carbocycles. The number of sulfonamides is 1. The molecule has 100 valence electrons. The lowest BCUT2D eigenvalue weighted by Gasteiger charge is -2.10. The van der Waals surface area contributed by atoms with Gasteiger partial charge in [0.25, 0.3) is 0 Å². The van der Waals surface area contributed by atoms with Gasteiger partial charge in [0.05, 0.1) is 5.75 Å². The standard InChI is InChI=1S/C10H20N2O4S/c13-10(14)4-2-8-17(15,16)12-7-5-9-3-1-6-11-9/h9,11-12H,1-8H2,(H,13,14)/t9-/m1/s1. The van der Waals surface area contributed by atoms with Crippen LogP contribution >= 0.6 is 0 Å². The first-order valence-electron chi connectivity index (χ1n) is 5.92. The van der Waals surface area contributed by atoms with Crippen molar-refractivity contribution in [3.05, 3.63) is 0 Å². The molecule has 1 rings (SSSR count). The summed E-state index contributed by atoms with van der Waals surface area (Å²) in [4.78, 5) is 10.2. The van der Waals surface area contributed by atoms with Crippen LogP contribution in [0.4, 0.5) is 0 Å². The second-order valence-corrected chi connectivity index (χ2v) is 6.22. The molecule has 0 radical (unpaired) electrons. The van der Waals surface area contributed by atoms with Gasteiger partial charge in [0.1, 0.15) is 0 Å². The lowest BCUT2D eigenvalue weighted by Crippen LogP contribution is -2.32. The highest BCUT2D eigenvalue weighted by Crippen LogP contribution is 2.07. The van der Waals surface area contributed by atoms with Crippen molar-refractivity contribution in [1.29, 1.82) is 0 Å². The molecule has 0 bridgehead atoms. The second kappa shape index (κ2) is 6.93. The Labute approximate surface area is 102 Å². The topological polar surface area (TPSA) is 95.5 Å². The lowest BCUT2D eigenvalue weighted by atomic mass is 10.2. The van der Waals surface area contributed by atoms with Crippen molar-refractivity contribution in [2.24, 2.45) is 0 Å². The molecule has 0 amide bonds. The SMILES string of the molecule is O=C(O)CCCS(=O)(=O)NCC[C@H]1CCCN1. The predicted octanol–water partition coefficient (Wildman–Crippen LogP) is -0.0873. The van der Waals surface area contributed by atoms with Gasteiger partial charge in [0.2, 0.25) is 10.0 Å². The van der Waals surface area contributed by atoms with Crippen LogP contribution in [0, 0.1) is 0 Å². The molecule has 3 N–H and O–H groups in total. The van der Waals surface area contributed by atoms with Gasteiger partial charge in [-0.05, 0) is 32.2 Å².